The standard InChI is InChI=1S/C17H31N3/c1-4-11-20-12-10-19-17(20)13-16(18-5-2)15-8-6-14(3)7-9-15/h10,12,14-16,18H,4-9,11,13H2,1-3H3. The van der Waals surface area contributed by atoms with Gasteiger partial charge in [0.25, 0.3) is 0 Å². The van der Waals surface area contributed by atoms with Crippen LogP contribution < -0.4 is 5.32 Å². The second-order valence-electron chi connectivity index (χ2n) is 6.43. The molecular weight excluding hydrogens is 246 g/mol. The number of aromatic nitrogens is 2. The van der Waals surface area contributed by atoms with E-state index in [-0.39, 0.29) is 0 Å². The van der Waals surface area contributed by atoms with E-state index in [2.05, 4.69) is 41.8 Å². The smallest absolute Gasteiger partial charge is 0.110 e. The van der Waals surface area contributed by atoms with Crippen molar-refractivity contribution < 1.29 is 0 Å². The summed E-state index contributed by atoms with van der Waals surface area (Å²) < 4.78 is 2.33. The third-order valence-electron chi connectivity index (χ3n) is 4.76. The summed E-state index contributed by atoms with van der Waals surface area (Å²) in [5.41, 5.74) is 0. The molecule has 20 heavy (non-hydrogen) atoms. The fourth-order valence-corrected chi connectivity index (χ4v) is 3.53. The maximum absolute atomic E-state index is 4.59. The molecule has 1 atom stereocenters. The lowest BCUT2D eigenvalue weighted by Gasteiger charge is -2.33. The molecular formula is C17H31N3. The first kappa shape index (κ1) is 15.6. The molecule has 1 aliphatic carbocycles. The van der Waals surface area contributed by atoms with Crippen LogP contribution in [0, 0.1) is 11.8 Å². The highest BCUT2D eigenvalue weighted by atomic mass is 15.1. The van der Waals surface area contributed by atoms with Gasteiger partial charge in [-0.05, 0) is 37.6 Å². The predicted octanol–water partition coefficient (Wildman–Crippen LogP) is 3.64. The SMILES string of the molecule is CCCn1ccnc1CC(NCC)C1CCC(C)CC1. The number of aryl methyl sites for hydroxylation is 1. The number of hydrogen-bond donors (Lipinski definition) is 1. The molecule has 1 saturated carbocycles. The first-order valence-corrected chi connectivity index (χ1v) is 8.48. The van der Waals surface area contributed by atoms with Gasteiger partial charge < -0.3 is 9.88 Å². The van der Waals surface area contributed by atoms with Crippen molar-refractivity contribution in [3.8, 4) is 0 Å². The molecule has 0 amide bonds. The Morgan fingerprint density at radius 1 is 1.30 bits per heavy atom. The highest BCUT2D eigenvalue weighted by Crippen LogP contribution is 2.31. The van der Waals surface area contributed by atoms with Gasteiger partial charge in [-0.2, -0.15) is 0 Å². The van der Waals surface area contributed by atoms with Gasteiger partial charge in [-0.25, -0.2) is 4.98 Å². The van der Waals surface area contributed by atoms with Gasteiger partial charge in [0.1, 0.15) is 5.82 Å². The summed E-state index contributed by atoms with van der Waals surface area (Å²) in [4.78, 5) is 4.59. The minimum Gasteiger partial charge on any atom is -0.335 e. The molecule has 0 aromatic carbocycles. The molecule has 1 heterocycles. The van der Waals surface area contributed by atoms with Gasteiger partial charge in [-0.15, -0.1) is 0 Å². The first-order chi connectivity index (χ1) is 9.74. The van der Waals surface area contributed by atoms with Crippen molar-refractivity contribution in [3.05, 3.63) is 18.2 Å². The summed E-state index contributed by atoms with van der Waals surface area (Å²) in [5.74, 6) is 3.02. The van der Waals surface area contributed by atoms with Crippen LogP contribution in [0.5, 0.6) is 0 Å². The van der Waals surface area contributed by atoms with Crippen LogP contribution >= 0.6 is 0 Å². The number of hydrogen-bond acceptors (Lipinski definition) is 2. The van der Waals surface area contributed by atoms with Crippen LogP contribution in [-0.2, 0) is 13.0 Å². The molecule has 1 unspecified atom stereocenters. The number of rotatable bonds is 7. The first-order valence-electron chi connectivity index (χ1n) is 8.48. The predicted molar refractivity (Wildman–Crippen MR) is 84.8 cm³/mol. The van der Waals surface area contributed by atoms with Crippen LogP contribution in [0.3, 0.4) is 0 Å². The number of likely N-dealkylation sites (N-methyl/N-ethyl adjacent to an activating group) is 1. The zero-order valence-electron chi connectivity index (χ0n) is 13.4. The fourth-order valence-electron chi connectivity index (χ4n) is 3.53. The maximum atomic E-state index is 4.59. The second-order valence-corrected chi connectivity index (χ2v) is 6.43. The topological polar surface area (TPSA) is 29.9 Å². The van der Waals surface area contributed by atoms with Gasteiger partial charge >= 0.3 is 0 Å². The largest absolute Gasteiger partial charge is 0.335 e. The van der Waals surface area contributed by atoms with Gasteiger partial charge in [0.15, 0.2) is 0 Å². The summed E-state index contributed by atoms with van der Waals surface area (Å²) in [6, 6.07) is 0.602. The van der Waals surface area contributed by atoms with Crippen LogP contribution in [0.1, 0.15) is 58.7 Å². The Labute approximate surface area is 124 Å². The van der Waals surface area contributed by atoms with Crippen LogP contribution in [0.4, 0.5) is 0 Å². The zero-order chi connectivity index (χ0) is 14.4. The lowest BCUT2D eigenvalue weighted by molar-refractivity contribution is 0.228. The minimum absolute atomic E-state index is 0.602. The zero-order valence-corrected chi connectivity index (χ0v) is 13.4. The lowest BCUT2D eigenvalue weighted by Crippen LogP contribution is -2.40. The van der Waals surface area contributed by atoms with E-state index in [1.807, 2.05) is 6.20 Å². The van der Waals surface area contributed by atoms with Crippen molar-refractivity contribution in [1.82, 2.24) is 14.9 Å². The van der Waals surface area contributed by atoms with E-state index in [4.69, 9.17) is 0 Å². The molecule has 3 heteroatoms. The molecule has 3 nitrogen and oxygen atoms in total. The molecule has 114 valence electrons. The van der Waals surface area contributed by atoms with Crippen molar-refractivity contribution >= 4 is 0 Å². The van der Waals surface area contributed by atoms with Crippen LogP contribution in [0.25, 0.3) is 0 Å². The summed E-state index contributed by atoms with van der Waals surface area (Å²) >= 11 is 0. The van der Waals surface area contributed by atoms with Crippen molar-refractivity contribution in [2.45, 2.75) is 71.9 Å². The summed E-state index contributed by atoms with van der Waals surface area (Å²) in [6.07, 6.45) is 11.9. The quantitative estimate of drug-likeness (QED) is 0.824. The fraction of sp³-hybridized carbons (Fsp3) is 0.824. The number of nitrogens with one attached hydrogen (secondary N) is 1. The van der Waals surface area contributed by atoms with E-state index in [0.29, 0.717) is 6.04 Å². The minimum atomic E-state index is 0.602. The molecule has 0 saturated heterocycles. The van der Waals surface area contributed by atoms with Crippen molar-refractivity contribution in [3.63, 3.8) is 0 Å². The molecule has 1 fully saturated rings. The average molecular weight is 277 g/mol. The van der Waals surface area contributed by atoms with Crippen molar-refractivity contribution in [2.24, 2.45) is 11.8 Å². The Bertz CT molecular complexity index is 377. The molecule has 0 bridgehead atoms. The van der Waals surface area contributed by atoms with Gasteiger partial charge in [-0.3, -0.25) is 0 Å². The molecule has 0 radical (unpaired) electrons. The Kier molecular flexibility index (Phi) is 6.08. The van der Waals surface area contributed by atoms with Crippen LogP contribution in [-0.4, -0.2) is 22.1 Å². The molecule has 1 aromatic rings. The van der Waals surface area contributed by atoms with Crippen LogP contribution in [0.15, 0.2) is 12.4 Å². The molecule has 0 spiro atoms. The van der Waals surface area contributed by atoms with E-state index in [1.54, 1.807) is 0 Å². The van der Waals surface area contributed by atoms with E-state index >= 15 is 0 Å². The van der Waals surface area contributed by atoms with Gasteiger partial charge in [0.2, 0.25) is 0 Å². The normalized spacial score (nSPS) is 24.8. The average Bonchev–Trinajstić information content (AvgIpc) is 2.87. The Balaban J connectivity index is 1.99. The lowest BCUT2D eigenvalue weighted by atomic mass is 9.78. The van der Waals surface area contributed by atoms with E-state index in [0.717, 1.165) is 31.3 Å². The Morgan fingerprint density at radius 3 is 2.70 bits per heavy atom. The van der Waals surface area contributed by atoms with Gasteiger partial charge in [0.05, 0.1) is 0 Å². The Morgan fingerprint density at radius 2 is 2.05 bits per heavy atom. The van der Waals surface area contributed by atoms with Crippen molar-refractivity contribution in [1.29, 1.82) is 0 Å². The summed E-state index contributed by atoms with van der Waals surface area (Å²) in [7, 11) is 0. The van der Waals surface area contributed by atoms with E-state index in [9.17, 15) is 0 Å². The van der Waals surface area contributed by atoms with Gasteiger partial charge in [0, 0.05) is 31.4 Å². The molecule has 1 N–H and O–H groups in total. The van der Waals surface area contributed by atoms with E-state index in [1.165, 1.54) is 37.9 Å². The monoisotopic (exact) mass is 277 g/mol. The maximum Gasteiger partial charge on any atom is 0.110 e. The van der Waals surface area contributed by atoms with Crippen LogP contribution in [0.2, 0.25) is 0 Å². The van der Waals surface area contributed by atoms with E-state index < -0.39 is 0 Å². The molecule has 1 aliphatic rings. The molecule has 2 rings (SSSR count). The second kappa shape index (κ2) is 7.82. The third-order valence-corrected chi connectivity index (χ3v) is 4.76. The molecule has 0 aliphatic heterocycles. The highest BCUT2D eigenvalue weighted by Gasteiger charge is 2.26. The van der Waals surface area contributed by atoms with Gasteiger partial charge in [-0.1, -0.05) is 33.6 Å². The number of nitrogens with zero attached hydrogens (tertiary/aromatic N) is 2. The Hall–Kier alpha value is -0.830. The summed E-state index contributed by atoms with van der Waals surface area (Å²) in [5, 5.41) is 3.72. The molecule has 1 aromatic heterocycles. The highest BCUT2D eigenvalue weighted by molar-refractivity contribution is 4.97. The van der Waals surface area contributed by atoms with Crippen molar-refractivity contribution in [2.75, 3.05) is 6.54 Å². The third kappa shape index (κ3) is 4.08. The summed E-state index contributed by atoms with van der Waals surface area (Å²) in [6.45, 7) is 9.00. The number of imidazole rings is 1.